The zero-order valence-corrected chi connectivity index (χ0v) is 15.2. The third kappa shape index (κ3) is 3.35. The second-order valence-corrected chi connectivity index (χ2v) is 7.91. The maximum Gasteiger partial charge on any atom is 0.341 e. The summed E-state index contributed by atoms with van der Waals surface area (Å²) in [6, 6.07) is 0. The topological polar surface area (TPSA) is 64.6 Å². The van der Waals surface area contributed by atoms with Gasteiger partial charge in [0.25, 0.3) is 0 Å². The average Bonchev–Trinajstić information content (AvgIpc) is 2.93. The van der Waals surface area contributed by atoms with E-state index in [0.29, 0.717) is 36.8 Å². The molecule has 1 aromatic rings. The van der Waals surface area contributed by atoms with Crippen LogP contribution >= 0.6 is 11.3 Å². The van der Waals surface area contributed by atoms with E-state index in [1.165, 1.54) is 17.8 Å². The molecule has 0 radical (unpaired) electrons. The number of fused-ring (bicyclic) bond motifs is 1. The molecule has 24 heavy (non-hydrogen) atoms. The van der Waals surface area contributed by atoms with Crippen LogP contribution in [0.4, 0.5) is 5.00 Å². The molecule has 3 rings (SSSR count). The van der Waals surface area contributed by atoms with E-state index < -0.39 is 0 Å². The number of rotatable bonds is 4. The summed E-state index contributed by atoms with van der Waals surface area (Å²) < 4.78 is 10.7. The molecule has 1 N–H and O–H groups in total. The Morgan fingerprint density at radius 2 is 2.04 bits per heavy atom. The van der Waals surface area contributed by atoms with Crippen LogP contribution in [0.5, 0.6) is 0 Å². The summed E-state index contributed by atoms with van der Waals surface area (Å²) in [5.74, 6) is -0.326. The van der Waals surface area contributed by atoms with Crippen molar-refractivity contribution in [1.82, 2.24) is 0 Å². The highest BCUT2D eigenvalue weighted by Gasteiger charge is 2.36. The number of carbonyl (C=O) groups is 2. The van der Waals surface area contributed by atoms with Gasteiger partial charge in [-0.1, -0.05) is 26.2 Å². The molecular weight excluding hydrogens is 326 g/mol. The Bertz CT molecular complexity index is 631. The van der Waals surface area contributed by atoms with Crippen LogP contribution in [0.2, 0.25) is 0 Å². The molecule has 1 aliphatic heterocycles. The molecule has 2 aliphatic rings. The highest BCUT2D eigenvalue weighted by molar-refractivity contribution is 7.17. The van der Waals surface area contributed by atoms with Crippen LogP contribution in [-0.2, 0) is 27.3 Å². The summed E-state index contributed by atoms with van der Waals surface area (Å²) in [5.41, 5.74) is 1.17. The Hall–Kier alpha value is -1.40. The van der Waals surface area contributed by atoms with E-state index in [1.807, 2.05) is 6.92 Å². The summed E-state index contributed by atoms with van der Waals surface area (Å²) >= 11 is 1.45. The Balaban J connectivity index is 1.88. The summed E-state index contributed by atoms with van der Waals surface area (Å²) in [5, 5.41) is 3.67. The molecule has 2 heterocycles. The number of hydrogen-bond acceptors (Lipinski definition) is 5. The number of thiophene rings is 1. The van der Waals surface area contributed by atoms with Gasteiger partial charge in [0.2, 0.25) is 5.91 Å². The fraction of sp³-hybridized carbons (Fsp3) is 0.667. The Kier molecular flexibility index (Phi) is 5.25. The van der Waals surface area contributed by atoms with Gasteiger partial charge in [-0.2, -0.15) is 0 Å². The van der Waals surface area contributed by atoms with E-state index in [9.17, 15) is 9.59 Å². The van der Waals surface area contributed by atoms with Crippen molar-refractivity contribution in [2.75, 3.05) is 18.5 Å². The molecule has 1 amide bonds. The highest BCUT2D eigenvalue weighted by Crippen LogP contribution is 2.40. The first kappa shape index (κ1) is 17.4. The molecule has 132 valence electrons. The monoisotopic (exact) mass is 351 g/mol. The zero-order valence-electron chi connectivity index (χ0n) is 14.4. The van der Waals surface area contributed by atoms with Crippen molar-refractivity contribution in [3.05, 3.63) is 16.0 Å². The van der Waals surface area contributed by atoms with E-state index >= 15 is 0 Å². The lowest BCUT2D eigenvalue weighted by molar-refractivity contribution is -0.126. The number of anilines is 1. The summed E-state index contributed by atoms with van der Waals surface area (Å²) in [6.45, 7) is 5.25. The van der Waals surface area contributed by atoms with Crippen molar-refractivity contribution in [3.63, 3.8) is 0 Å². The molecule has 5 nitrogen and oxygen atoms in total. The zero-order chi connectivity index (χ0) is 17.2. The number of amides is 1. The van der Waals surface area contributed by atoms with E-state index in [1.54, 1.807) is 6.92 Å². The lowest BCUT2D eigenvalue weighted by Gasteiger charge is -2.31. The van der Waals surface area contributed by atoms with Crippen LogP contribution in [0, 0.1) is 5.41 Å². The van der Waals surface area contributed by atoms with Gasteiger partial charge < -0.3 is 14.8 Å². The van der Waals surface area contributed by atoms with Crippen LogP contribution in [0.25, 0.3) is 0 Å². The van der Waals surface area contributed by atoms with Crippen LogP contribution in [-0.4, -0.2) is 25.1 Å². The van der Waals surface area contributed by atoms with Gasteiger partial charge in [-0.15, -0.1) is 11.3 Å². The molecule has 1 fully saturated rings. The molecule has 0 unspecified atom stereocenters. The molecule has 0 saturated heterocycles. The summed E-state index contributed by atoms with van der Waals surface area (Å²) in [6.07, 6.45) is 5.87. The third-order valence-corrected chi connectivity index (χ3v) is 6.15. The Morgan fingerprint density at radius 1 is 1.29 bits per heavy atom. The van der Waals surface area contributed by atoms with Gasteiger partial charge in [0.05, 0.1) is 25.4 Å². The number of nitrogens with one attached hydrogen (secondary N) is 1. The minimum atomic E-state index is -0.346. The van der Waals surface area contributed by atoms with Crippen LogP contribution in [0.1, 0.15) is 66.8 Å². The van der Waals surface area contributed by atoms with Crippen molar-refractivity contribution in [1.29, 1.82) is 0 Å². The third-order valence-electron chi connectivity index (χ3n) is 5.03. The standard InChI is InChI=1S/C18H25NO4S/c1-3-23-16(20)14-12-7-10-22-11-13(12)24-15(14)19-17(21)18(2)8-5-4-6-9-18/h3-11H2,1-2H3,(H,19,21). The minimum absolute atomic E-state index is 0.0206. The fourth-order valence-corrected chi connectivity index (χ4v) is 4.72. The number of ether oxygens (including phenoxy) is 2. The SMILES string of the molecule is CCOC(=O)c1c(NC(=O)C2(C)CCCCC2)sc2c1CCOC2. The van der Waals surface area contributed by atoms with E-state index in [2.05, 4.69) is 5.32 Å². The van der Waals surface area contributed by atoms with Gasteiger partial charge in [-0.05, 0) is 31.7 Å². The quantitative estimate of drug-likeness (QED) is 0.836. The molecule has 6 heteroatoms. The van der Waals surface area contributed by atoms with Crippen molar-refractivity contribution < 1.29 is 19.1 Å². The molecule has 0 bridgehead atoms. The molecular formula is C18H25NO4S. The normalized spacial score (nSPS) is 19.4. The predicted octanol–water partition coefficient (Wildman–Crippen LogP) is 3.91. The van der Waals surface area contributed by atoms with E-state index in [4.69, 9.17) is 9.47 Å². The molecule has 0 spiro atoms. The van der Waals surface area contributed by atoms with Gasteiger partial charge in [0.1, 0.15) is 5.00 Å². The van der Waals surface area contributed by atoms with Gasteiger partial charge in [0.15, 0.2) is 0 Å². The summed E-state index contributed by atoms with van der Waals surface area (Å²) in [4.78, 5) is 26.3. The van der Waals surface area contributed by atoms with Gasteiger partial charge in [0, 0.05) is 10.3 Å². The molecule has 0 atom stereocenters. The highest BCUT2D eigenvalue weighted by atomic mass is 32.1. The van der Waals surface area contributed by atoms with Crippen molar-refractivity contribution in [3.8, 4) is 0 Å². The number of carbonyl (C=O) groups excluding carboxylic acids is 2. The molecule has 1 aromatic heterocycles. The second kappa shape index (κ2) is 7.23. The van der Waals surface area contributed by atoms with Crippen molar-refractivity contribution in [2.24, 2.45) is 5.41 Å². The first-order valence-electron chi connectivity index (χ1n) is 8.76. The smallest absolute Gasteiger partial charge is 0.341 e. The van der Waals surface area contributed by atoms with Crippen molar-refractivity contribution in [2.45, 2.75) is 59.0 Å². The van der Waals surface area contributed by atoms with Crippen LogP contribution < -0.4 is 5.32 Å². The molecule has 1 saturated carbocycles. The van der Waals surface area contributed by atoms with Crippen LogP contribution in [0.15, 0.2) is 0 Å². The van der Waals surface area contributed by atoms with E-state index in [0.717, 1.165) is 36.1 Å². The van der Waals surface area contributed by atoms with Gasteiger partial charge in [-0.3, -0.25) is 4.79 Å². The second-order valence-electron chi connectivity index (χ2n) is 6.81. The van der Waals surface area contributed by atoms with Crippen molar-refractivity contribution >= 4 is 28.2 Å². The fourth-order valence-electron chi connectivity index (χ4n) is 3.55. The number of hydrogen-bond donors (Lipinski definition) is 1. The maximum absolute atomic E-state index is 12.8. The lowest BCUT2D eigenvalue weighted by atomic mass is 9.75. The average molecular weight is 351 g/mol. The largest absolute Gasteiger partial charge is 0.462 e. The van der Waals surface area contributed by atoms with Gasteiger partial charge in [-0.25, -0.2) is 4.79 Å². The van der Waals surface area contributed by atoms with Crippen LogP contribution in [0.3, 0.4) is 0 Å². The minimum Gasteiger partial charge on any atom is -0.462 e. The maximum atomic E-state index is 12.8. The Morgan fingerprint density at radius 3 is 2.75 bits per heavy atom. The summed E-state index contributed by atoms with van der Waals surface area (Å²) in [7, 11) is 0. The Labute approximate surface area is 146 Å². The number of esters is 1. The molecule has 0 aromatic carbocycles. The lowest BCUT2D eigenvalue weighted by Crippen LogP contribution is -2.35. The first-order chi connectivity index (χ1) is 11.5. The predicted molar refractivity (Wildman–Crippen MR) is 93.5 cm³/mol. The molecule has 1 aliphatic carbocycles. The first-order valence-corrected chi connectivity index (χ1v) is 9.57. The van der Waals surface area contributed by atoms with E-state index in [-0.39, 0.29) is 17.3 Å². The van der Waals surface area contributed by atoms with Gasteiger partial charge >= 0.3 is 5.97 Å².